The van der Waals surface area contributed by atoms with Gasteiger partial charge in [0.25, 0.3) is 0 Å². The molecule has 1 atom stereocenters. The Labute approximate surface area is 132 Å². The standard InChI is InChI=1S/C17H27NO2S/c1-4-15-10-11-16(21-15)12(3)18-14-8-6-13(7-9-14)17(19)20-5-2/h10-14,18H,4-9H2,1-3H3. The summed E-state index contributed by atoms with van der Waals surface area (Å²) in [7, 11) is 0. The summed E-state index contributed by atoms with van der Waals surface area (Å²) < 4.78 is 5.12. The van der Waals surface area contributed by atoms with Crippen molar-refractivity contribution in [2.45, 2.75) is 65.0 Å². The third-order valence-corrected chi connectivity index (χ3v) is 5.70. The summed E-state index contributed by atoms with van der Waals surface area (Å²) in [5, 5.41) is 3.72. The van der Waals surface area contributed by atoms with E-state index in [1.54, 1.807) is 0 Å². The molecule has 1 aromatic rings. The third-order valence-electron chi connectivity index (χ3n) is 4.29. The maximum absolute atomic E-state index is 11.7. The number of aryl methyl sites for hydroxylation is 1. The van der Waals surface area contributed by atoms with Crippen LogP contribution in [-0.2, 0) is 16.0 Å². The number of ether oxygens (including phenoxy) is 1. The first-order chi connectivity index (χ1) is 10.1. The van der Waals surface area contributed by atoms with Gasteiger partial charge in [0, 0.05) is 21.8 Å². The Morgan fingerprint density at radius 1 is 1.33 bits per heavy atom. The first kappa shape index (κ1) is 16.5. The van der Waals surface area contributed by atoms with E-state index in [4.69, 9.17) is 4.74 Å². The number of thiophene rings is 1. The summed E-state index contributed by atoms with van der Waals surface area (Å²) in [5.41, 5.74) is 0. The molecule has 1 heterocycles. The maximum atomic E-state index is 11.7. The van der Waals surface area contributed by atoms with E-state index in [0.717, 1.165) is 32.1 Å². The highest BCUT2D eigenvalue weighted by molar-refractivity contribution is 7.12. The first-order valence-electron chi connectivity index (χ1n) is 8.15. The predicted molar refractivity (Wildman–Crippen MR) is 87.6 cm³/mol. The Bertz CT molecular complexity index is 449. The highest BCUT2D eigenvalue weighted by Crippen LogP contribution is 2.29. The number of carbonyl (C=O) groups excluding carboxylic acids is 1. The van der Waals surface area contributed by atoms with Crippen molar-refractivity contribution >= 4 is 17.3 Å². The maximum Gasteiger partial charge on any atom is 0.308 e. The van der Waals surface area contributed by atoms with Crippen LogP contribution in [0.25, 0.3) is 0 Å². The monoisotopic (exact) mass is 309 g/mol. The molecule has 1 saturated carbocycles. The van der Waals surface area contributed by atoms with E-state index in [9.17, 15) is 4.79 Å². The molecule has 0 saturated heterocycles. The zero-order valence-corrected chi connectivity index (χ0v) is 14.2. The van der Waals surface area contributed by atoms with Crippen LogP contribution in [0.1, 0.15) is 62.3 Å². The third kappa shape index (κ3) is 4.55. The number of nitrogens with one attached hydrogen (secondary N) is 1. The van der Waals surface area contributed by atoms with Crippen LogP contribution >= 0.6 is 11.3 Å². The summed E-state index contributed by atoms with van der Waals surface area (Å²) in [4.78, 5) is 14.6. The molecule has 21 heavy (non-hydrogen) atoms. The van der Waals surface area contributed by atoms with Crippen molar-refractivity contribution in [3.63, 3.8) is 0 Å². The predicted octanol–water partition coefficient (Wildman–Crippen LogP) is 4.08. The van der Waals surface area contributed by atoms with E-state index in [1.807, 2.05) is 18.3 Å². The Hall–Kier alpha value is -0.870. The lowest BCUT2D eigenvalue weighted by atomic mass is 9.86. The zero-order chi connectivity index (χ0) is 15.2. The van der Waals surface area contributed by atoms with Crippen molar-refractivity contribution in [1.82, 2.24) is 5.32 Å². The second kappa shape index (κ2) is 7.95. The van der Waals surface area contributed by atoms with E-state index in [-0.39, 0.29) is 11.9 Å². The molecule has 2 rings (SSSR count). The largest absolute Gasteiger partial charge is 0.466 e. The normalized spacial score (nSPS) is 23.8. The quantitative estimate of drug-likeness (QED) is 0.805. The van der Waals surface area contributed by atoms with Gasteiger partial charge in [-0.1, -0.05) is 6.92 Å². The van der Waals surface area contributed by atoms with Crippen LogP contribution in [0.3, 0.4) is 0 Å². The molecular formula is C17H27NO2S. The number of hydrogen-bond donors (Lipinski definition) is 1. The summed E-state index contributed by atoms with van der Waals surface area (Å²) in [6.45, 7) is 6.80. The van der Waals surface area contributed by atoms with Gasteiger partial charge >= 0.3 is 5.97 Å². The number of hydrogen-bond acceptors (Lipinski definition) is 4. The van der Waals surface area contributed by atoms with Crippen LogP contribution in [0.4, 0.5) is 0 Å². The van der Waals surface area contributed by atoms with E-state index < -0.39 is 0 Å². The van der Waals surface area contributed by atoms with Gasteiger partial charge in [0.15, 0.2) is 0 Å². The SMILES string of the molecule is CCOC(=O)C1CCC(NC(C)c2ccc(CC)s2)CC1. The second-order valence-electron chi connectivity index (χ2n) is 5.85. The van der Waals surface area contributed by atoms with Crippen LogP contribution in [0.15, 0.2) is 12.1 Å². The molecule has 1 aromatic heterocycles. The molecule has 1 N–H and O–H groups in total. The fourth-order valence-electron chi connectivity index (χ4n) is 3.01. The van der Waals surface area contributed by atoms with Crippen LogP contribution in [-0.4, -0.2) is 18.6 Å². The van der Waals surface area contributed by atoms with Crippen LogP contribution in [0, 0.1) is 5.92 Å². The second-order valence-corrected chi connectivity index (χ2v) is 7.05. The summed E-state index contributed by atoms with van der Waals surface area (Å²) in [6, 6.07) is 5.40. The van der Waals surface area contributed by atoms with Crippen molar-refractivity contribution in [1.29, 1.82) is 0 Å². The highest BCUT2D eigenvalue weighted by Gasteiger charge is 2.27. The van der Waals surface area contributed by atoms with E-state index >= 15 is 0 Å². The van der Waals surface area contributed by atoms with Gasteiger partial charge in [0.1, 0.15) is 0 Å². The lowest BCUT2D eigenvalue weighted by Crippen LogP contribution is -2.36. The Balaban J connectivity index is 1.79. The molecule has 0 aromatic carbocycles. The van der Waals surface area contributed by atoms with Crippen molar-refractivity contribution in [2.24, 2.45) is 5.92 Å². The van der Waals surface area contributed by atoms with Gasteiger partial charge in [0.2, 0.25) is 0 Å². The topological polar surface area (TPSA) is 38.3 Å². The lowest BCUT2D eigenvalue weighted by Gasteiger charge is -2.30. The van der Waals surface area contributed by atoms with Gasteiger partial charge in [0.05, 0.1) is 12.5 Å². The van der Waals surface area contributed by atoms with E-state index in [2.05, 4.69) is 31.3 Å². The Morgan fingerprint density at radius 2 is 2.05 bits per heavy atom. The molecule has 4 heteroatoms. The van der Waals surface area contributed by atoms with Crippen LogP contribution in [0.5, 0.6) is 0 Å². The fourth-order valence-corrected chi connectivity index (χ4v) is 3.97. The number of carbonyl (C=O) groups is 1. The molecular weight excluding hydrogens is 282 g/mol. The molecule has 1 fully saturated rings. The van der Waals surface area contributed by atoms with Crippen molar-refractivity contribution < 1.29 is 9.53 Å². The highest BCUT2D eigenvalue weighted by atomic mass is 32.1. The van der Waals surface area contributed by atoms with Gasteiger partial charge in [-0.05, 0) is 58.1 Å². The summed E-state index contributed by atoms with van der Waals surface area (Å²) in [5.74, 6) is 0.113. The lowest BCUT2D eigenvalue weighted by molar-refractivity contribution is -0.149. The smallest absolute Gasteiger partial charge is 0.308 e. The summed E-state index contributed by atoms with van der Waals surface area (Å²) >= 11 is 1.90. The molecule has 0 aliphatic heterocycles. The minimum absolute atomic E-state index is 0.00478. The zero-order valence-electron chi connectivity index (χ0n) is 13.4. The van der Waals surface area contributed by atoms with Gasteiger partial charge in [-0.15, -0.1) is 11.3 Å². The summed E-state index contributed by atoms with van der Waals surface area (Å²) in [6.07, 6.45) is 5.16. The number of esters is 1. The molecule has 0 amide bonds. The Morgan fingerprint density at radius 3 is 2.62 bits per heavy atom. The average molecular weight is 309 g/mol. The first-order valence-corrected chi connectivity index (χ1v) is 8.97. The number of rotatable bonds is 6. The average Bonchev–Trinajstić information content (AvgIpc) is 2.97. The molecule has 1 aliphatic rings. The minimum atomic E-state index is -0.00478. The van der Waals surface area contributed by atoms with Gasteiger partial charge in [-0.2, -0.15) is 0 Å². The molecule has 0 spiro atoms. The fraction of sp³-hybridized carbons (Fsp3) is 0.706. The van der Waals surface area contributed by atoms with Gasteiger partial charge < -0.3 is 10.1 Å². The van der Waals surface area contributed by atoms with E-state index in [0.29, 0.717) is 18.7 Å². The molecule has 118 valence electrons. The molecule has 3 nitrogen and oxygen atoms in total. The van der Waals surface area contributed by atoms with E-state index in [1.165, 1.54) is 9.75 Å². The Kier molecular flexibility index (Phi) is 6.24. The molecule has 0 radical (unpaired) electrons. The molecule has 1 aliphatic carbocycles. The van der Waals surface area contributed by atoms with Crippen LogP contribution < -0.4 is 5.32 Å². The molecule has 1 unspecified atom stereocenters. The minimum Gasteiger partial charge on any atom is -0.466 e. The molecule has 0 bridgehead atoms. The van der Waals surface area contributed by atoms with Gasteiger partial charge in [-0.3, -0.25) is 4.79 Å². The van der Waals surface area contributed by atoms with Crippen LogP contribution in [0.2, 0.25) is 0 Å². The van der Waals surface area contributed by atoms with Crippen molar-refractivity contribution in [3.8, 4) is 0 Å². The van der Waals surface area contributed by atoms with Gasteiger partial charge in [-0.25, -0.2) is 0 Å². The van der Waals surface area contributed by atoms with Crippen molar-refractivity contribution in [3.05, 3.63) is 21.9 Å². The van der Waals surface area contributed by atoms with Crippen molar-refractivity contribution in [2.75, 3.05) is 6.61 Å².